The molecule has 1 heterocycles. The van der Waals surface area contributed by atoms with E-state index in [9.17, 15) is 4.79 Å². The number of carbonyl (C=O) groups is 1. The number of carbonyl (C=O) groups excluding carboxylic acids is 1. The van der Waals surface area contributed by atoms with E-state index >= 15 is 0 Å². The Kier molecular flexibility index (Phi) is 6.41. The molecule has 1 saturated heterocycles. The van der Waals surface area contributed by atoms with Crippen LogP contribution in [0.15, 0.2) is 54.6 Å². The first-order chi connectivity index (χ1) is 10.7. The predicted molar refractivity (Wildman–Crippen MR) is 91.4 cm³/mol. The molecule has 0 aliphatic carbocycles. The number of rotatable bonds is 6. The van der Waals surface area contributed by atoms with E-state index in [0.29, 0.717) is 5.92 Å². The Bertz CT molecular complexity index is 521. The Labute approximate surface area is 133 Å². The maximum atomic E-state index is 12.0. The summed E-state index contributed by atoms with van der Waals surface area (Å²) in [5, 5.41) is 0. The van der Waals surface area contributed by atoms with Gasteiger partial charge in [0.05, 0.1) is 0 Å². The molecule has 0 saturated carbocycles. The molecule has 118 valence electrons. The van der Waals surface area contributed by atoms with E-state index in [4.69, 9.17) is 0 Å². The van der Waals surface area contributed by atoms with Crippen molar-refractivity contribution < 1.29 is 4.79 Å². The highest BCUT2D eigenvalue weighted by atomic mass is 16.2. The summed E-state index contributed by atoms with van der Waals surface area (Å²) >= 11 is 0. The lowest BCUT2D eigenvalue weighted by Crippen LogP contribution is -2.32. The molecule has 0 aromatic heterocycles. The van der Waals surface area contributed by atoms with Crippen molar-refractivity contribution in [1.29, 1.82) is 0 Å². The zero-order valence-electron chi connectivity index (χ0n) is 13.6. The van der Waals surface area contributed by atoms with E-state index in [1.54, 1.807) is 12.2 Å². The summed E-state index contributed by atoms with van der Waals surface area (Å²) in [6.07, 6.45) is 8.40. The molecule has 0 spiro atoms. The van der Waals surface area contributed by atoms with Crippen LogP contribution in [0.25, 0.3) is 0 Å². The van der Waals surface area contributed by atoms with Crippen LogP contribution in [0.5, 0.6) is 0 Å². The van der Waals surface area contributed by atoms with Crippen LogP contribution in [-0.2, 0) is 11.3 Å². The van der Waals surface area contributed by atoms with Crippen molar-refractivity contribution in [3.8, 4) is 0 Å². The lowest BCUT2D eigenvalue weighted by molar-refractivity contribution is -0.125. The van der Waals surface area contributed by atoms with Crippen LogP contribution in [-0.4, -0.2) is 42.4 Å². The maximum absolute atomic E-state index is 12.0. The van der Waals surface area contributed by atoms with Crippen LogP contribution in [0.1, 0.15) is 18.9 Å². The van der Waals surface area contributed by atoms with Gasteiger partial charge in [0.25, 0.3) is 0 Å². The summed E-state index contributed by atoms with van der Waals surface area (Å²) in [5.41, 5.74) is 1.36. The second kappa shape index (κ2) is 8.54. The third-order valence-corrected chi connectivity index (χ3v) is 4.07. The molecule has 0 unspecified atom stereocenters. The van der Waals surface area contributed by atoms with Gasteiger partial charge < -0.3 is 4.90 Å². The van der Waals surface area contributed by atoms with E-state index in [-0.39, 0.29) is 5.91 Å². The van der Waals surface area contributed by atoms with E-state index in [1.165, 1.54) is 12.0 Å². The lowest BCUT2D eigenvalue weighted by atomic mass is 10.1. The minimum atomic E-state index is 0.0830. The van der Waals surface area contributed by atoms with Crippen molar-refractivity contribution >= 4 is 5.91 Å². The number of likely N-dealkylation sites (tertiary alicyclic amines) is 1. The summed E-state index contributed by atoms with van der Waals surface area (Å²) in [4.78, 5) is 16.3. The van der Waals surface area contributed by atoms with Crippen molar-refractivity contribution in [2.45, 2.75) is 19.9 Å². The average Bonchev–Trinajstić information content (AvgIpc) is 2.95. The highest BCUT2D eigenvalue weighted by Gasteiger charge is 2.24. The van der Waals surface area contributed by atoms with E-state index in [1.807, 2.05) is 31.0 Å². The SMILES string of the molecule is C/C=C/C=C/C(=O)N(C)C[C@H]1CCN(Cc2ccccc2)C1. The molecule has 0 N–H and O–H groups in total. The second-order valence-corrected chi connectivity index (χ2v) is 5.98. The van der Waals surface area contributed by atoms with E-state index < -0.39 is 0 Å². The Balaban J connectivity index is 1.77. The molecule has 1 aliphatic rings. The van der Waals surface area contributed by atoms with Crippen LogP contribution < -0.4 is 0 Å². The molecular formula is C19H26N2O. The standard InChI is InChI=1S/C19H26N2O/c1-3-4-6-11-19(22)20(2)14-18-12-13-21(16-18)15-17-9-7-5-8-10-17/h3-11,18H,12-16H2,1-2H3/b4-3+,11-6+/t18-/m1/s1. The molecule has 2 rings (SSSR count). The van der Waals surface area contributed by atoms with Crippen molar-refractivity contribution in [2.75, 3.05) is 26.7 Å². The minimum Gasteiger partial charge on any atom is -0.342 e. The highest BCUT2D eigenvalue weighted by Crippen LogP contribution is 2.19. The van der Waals surface area contributed by atoms with Crippen LogP contribution in [0.2, 0.25) is 0 Å². The molecule has 3 nitrogen and oxygen atoms in total. The van der Waals surface area contributed by atoms with E-state index in [0.717, 1.165) is 26.2 Å². The number of nitrogens with zero attached hydrogens (tertiary/aromatic N) is 2. The fourth-order valence-electron chi connectivity index (χ4n) is 2.90. The summed E-state index contributed by atoms with van der Waals surface area (Å²) in [6.45, 7) is 5.99. The molecule has 22 heavy (non-hydrogen) atoms. The smallest absolute Gasteiger partial charge is 0.246 e. The topological polar surface area (TPSA) is 23.6 Å². The van der Waals surface area contributed by atoms with E-state index in [2.05, 4.69) is 35.2 Å². The van der Waals surface area contributed by atoms with Crippen molar-refractivity contribution in [3.05, 3.63) is 60.2 Å². The Hall–Kier alpha value is -1.87. The van der Waals surface area contributed by atoms with Gasteiger partial charge in [-0.05, 0) is 31.4 Å². The van der Waals surface area contributed by atoms with Gasteiger partial charge in [-0.25, -0.2) is 0 Å². The zero-order valence-corrected chi connectivity index (χ0v) is 13.6. The largest absolute Gasteiger partial charge is 0.342 e. The fourth-order valence-corrected chi connectivity index (χ4v) is 2.90. The number of hydrogen-bond acceptors (Lipinski definition) is 2. The van der Waals surface area contributed by atoms with Crippen molar-refractivity contribution in [2.24, 2.45) is 5.92 Å². The quantitative estimate of drug-likeness (QED) is 0.595. The van der Waals surface area contributed by atoms with Gasteiger partial charge in [0.1, 0.15) is 0 Å². The van der Waals surface area contributed by atoms with Gasteiger partial charge >= 0.3 is 0 Å². The summed E-state index contributed by atoms with van der Waals surface area (Å²) in [6, 6.07) is 10.6. The lowest BCUT2D eigenvalue weighted by Gasteiger charge is -2.20. The zero-order chi connectivity index (χ0) is 15.8. The summed E-state index contributed by atoms with van der Waals surface area (Å²) in [7, 11) is 1.89. The molecule has 1 aromatic carbocycles. The first kappa shape index (κ1) is 16.5. The molecule has 3 heteroatoms. The maximum Gasteiger partial charge on any atom is 0.246 e. The molecule has 1 amide bonds. The monoisotopic (exact) mass is 298 g/mol. The normalized spacial score (nSPS) is 19.3. The summed E-state index contributed by atoms with van der Waals surface area (Å²) < 4.78 is 0. The molecule has 0 bridgehead atoms. The molecule has 1 atom stereocenters. The number of amides is 1. The predicted octanol–water partition coefficient (Wildman–Crippen LogP) is 3.10. The molecule has 1 aromatic rings. The van der Waals surface area contributed by atoms with Crippen molar-refractivity contribution in [3.63, 3.8) is 0 Å². The van der Waals surface area contributed by atoms with Gasteiger partial charge in [0.2, 0.25) is 5.91 Å². The van der Waals surface area contributed by atoms with Crippen LogP contribution in [0, 0.1) is 5.92 Å². The second-order valence-electron chi connectivity index (χ2n) is 5.98. The fraction of sp³-hybridized carbons (Fsp3) is 0.421. The molecule has 0 radical (unpaired) electrons. The van der Waals surface area contributed by atoms with Crippen molar-refractivity contribution in [1.82, 2.24) is 9.80 Å². The van der Waals surface area contributed by atoms with Gasteiger partial charge in [-0.2, -0.15) is 0 Å². The Morgan fingerprint density at radius 1 is 1.32 bits per heavy atom. The first-order valence-corrected chi connectivity index (χ1v) is 7.99. The number of likely N-dealkylation sites (N-methyl/N-ethyl adjacent to an activating group) is 1. The highest BCUT2D eigenvalue weighted by molar-refractivity contribution is 5.87. The van der Waals surface area contributed by atoms with Gasteiger partial charge in [-0.1, -0.05) is 48.6 Å². The number of allylic oxidation sites excluding steroid dienone is 3. The third-order valence-electron chi connectivity index (χ3n) is 4.07. The van der Waals surface area contributed by atoms with Crippen LogP contribution >= 0.6 is 0 Å². The molecular weight excluding hydrogens is 272 g/mol. The number of benzene rings is 1. The third kappa shape index (κ3) is 5.15. The first-order valence-electron chi connectivity index (χ1n) is 7.99. The van der Waals surface area contributed by atoms with Gasteiger partial charge in [-0.3, -0.25) is 9.69 Å². The molecule has 1 aliphatic heterocycles. The van der Waals surface area contributed by atoms with Crippen LogP contribution in [0.3, 0.4) is 0 Å². The molecule has 1 fully saturated rings. The van der Waals surface area contributed by atoms with Gasteiger partial charge in [0.15, 0.2) is 0 Å². The Morgan fingerprint density at radius 2 is 2.09 bits per heavy atom. The number of hydrogen-bond donors (Lipinski definition) is 0. The Morgan fingerprint density at radius 3 is 2.82 bits per heavy atom. The minimum absolute atomic E-state index is 0.0830. The summed E-state index contributed by atoms with van der Waals surface area (Å²) in [5.74, 6) is 0.660. The van der Waals surface area contributed by atoms with Crippen LogP contribution in [0.4, 0.5) is 0 Å². The van der Waals surface area contributed by atoms with Gasteiger partial charge in [-0.15, -0.1) is 0 Å². The van der Waals surface area contributed by atoms with Gasteiger partial charge in [0, 0.05) is 32.8 Å². The average molecular weight is 298 g/mol.